The first-order valence-corrected chi connectivity index (χ1v) is 4.83. The van der Waals surface area contributed by atoms with Crippen LogP contribution >= 0.6 is 0 Å². The maximum atomic E-state index is 13.5. The number of halogens is 1. The van der Waals surface area contributed by atoms with Crippen LogP contribution in [0.15, 0.2) is 41.3 Å². The number of nitrogens with two attached hydrogens (primary N) is 1. The molecule has 0 aliphatic heterocycles. The number of hydrogen-bond acceptors (Lipinski definition) is 2. The number of rotatable bonds is 1. The molecule has 0 bridgehead atoms. The molecule has 0 amide bonds. The van der Waals surface area contributed by atoms with E-state index in [-0.39, 0.29) is 16.9 Å². The number of pyridine rings is 1. The van der Waals surface area contributed by atoms with Gasteiger partial charge in [0.25, 0.3) is 0 Å². The van der Waals surface area contributed by atoms with E-state index < -0.39 is 0 Å². The van der Waals surface area contributed by atoms with Gasteiger partial charge in [0, 0.05) is 18.0 Å². The monoisotopic (exact) mass is 218 g/mol. The van der Waals surface area contributed by atoms with Gasteiger partial charge in [-0.3, -0.25) is 4.79 Å². The summed E-state index contributed by atoms with van der Waals surface area (Å²) in [5.74, 6) is -0.353. The van der Waals surface area contributed by atoms with Crippen LogP contribution in [-0.2, 0) is 0 Å². The highest BCUT2D eigenvalue weighted by Crippen LogP contribution is 2.15. The smallest absolute Gasteiger partial charge is 0.204 e. The van der Waals surface area contributed by atoms with Crippen molar-refractivity contribution in [2.24, 2.45) is 0 Å². The molecule has 0 saturated heterocycles. The number of hydrogen-bond donors (Lipinski definition) is 1. The lowest BCUT2D eigenvalue weighted by molar-refractivity contribution is 0.616. The molecule has 2 N–H and O–H groups in total. The van der Waals surface area contributed by atoms with Crippen molar-refractivity contribution in [3.05, 3.63) is 58.3 Å². The van der Waals surface area contributed by atoms with E-state index in [9.17, 15) is 9.18 Å². The summed E-state index contributed by atoms with van der Waals surface area (Å²) in [6, 6.07) is 7.73. The van der Waals surface area contributed by atoms with Gasteiger partial charge in [-0.2, -0.15) is 0 Å². The van der Waals surface area contributed by atoms with E-state index >= 15 is 0 Å². The van der Waals surface area contributed by atoms with Crippen LogP contribution in [0, 0.1) is 12.7 Å². The molecular formula is C12H11FN2O. The summed E-state index contributed by atoms with van der Waals surface area (Å²) < 4.78 is 15.1. The Morgan fingerprint density at radius 1 is 1.31 bits per heavy atom. The minimum Gasteiger partial charge on any atom is -0.394 e. The van der Waals surface area contributed by atoms with Crippen molar-refractivity contribution in [2.75, 3.05) is 5.73 Å². The van der Waals surface area contributed by atoms with Gasteiger partial charge in [-0.25, -0.2) is 4.39 Å². The fourth-order valence-electron chi connectivity index (χ4n) is 1.55. The average Bonchev–Trinajstić information content (AvgIpc) is 2.25. The predicted molar refractivity (Wildman–Crippen MR) is 61.1 cm³/mol. The van der Waals surface area contributed by atoms with E-state index in [1.807, 2.05) is 0 Å². The first-order valence-electron chi connectivity index (χ1n) is 4.83. The Bertz CT molecular complexity index is 590. The number of aryl methyl sites for hydroxylation is 1. The lowest BCUT2D eigenvalue weighted by atomic mass is 10.2. The van der Waals surface area contributed by atoms with Crippen LogP contribution in [0.1, 0.15) is 5.69 Å². The molecule has 0 spiro atoms. The van der Waals surface area contributed by atoms with Crippen molar-refractivity contribution in [2.45, 2.75) is 6.92 Å². The van der Waals surface area contributed by atoms with E-state index in [1.165, 1.54) is 18.3 Å². The number of benzene rings is 1. The summed E-state index contributed by atoms with van der Waals surface area (Å²) in [6.07, 6.45) is 1.44. The Morgan fingerprint density at radius 3 is 2.69 bits per heavy atom. The summed E-state index contributed by atoms with van der Waals surface area (Å²) in [7, 11) is 0. The third-order valence-corrected chi connectivity index (χ3v) is 2.38. The molecule has 1 heterocycles. The van der Waals surface area contributed by atoms with E-state index in [0.29, 0.717) is 11.4 Å². The summed E-state index contributed by atoms with van der Waals surface area (Å²) in [5, 5.41) is 0. The Morgan fingerprint density at radius 2 is 2.00 bits per heavy atom. The minimum absolute atomic E-state index is 0.105. The molecule has 0 atom stereocenters. The van der Waals surface area contributed by atoms with Crippen LogP contribution in [0.2, 0.25) is 0 Å². The van der Waals surface area contributed by atoms with Crippen LogP contribution in [-0.4, -0.2) is 4.57 Å². The second kappa shape index (κ2) is 3.81. The van der Waals surface area contributed by atoms with Gasteiger partial charge in [0.15, 0.2) is 0 Å². The van der Waals surface area contributed by atoms with Crippen molar-refractivity contribution in [1.29, 1.82) is 0 Å². The standard InChI is InChI=1S/C12H11FN2O/c1-8-6-12(16)10(14)7-15(8)11-5-3-2-4-9(11)13/h2-7H,14H2,1H3. The Balaban J connectivity index is 2.70. The number of aromatic nitrogens is 1. The molecule has 1 aromatic carbocycles. The third-order valence-electron chi connectivity index (χ3n) is 2.38. The first-order chi connectivity index (χ1) is 7.59. The zero-order valence-electron chi connectivity index (χ0n) is 8.77. The summed E-state index contributed by atoms with van der Waals surface area (Å²) >= 11 is 0. The predicted octanol–water partition coefficient (Wildman–Crippen LogP) is 1.87. The number of nitrogens with zero attached hydrogens (tertiary/aromatic N) is 1. The zero-order valence-corrected chi connectivity index (χ0v) is 8.77. The average molecular weight is 218 g/mol. The second-order valence-electron chi connectivity index (χ2n) is 3.56. The molecule has 3 nitrogen and oxygen atoms in total. The summed E-state index contributed by atoms with van der Waals surface area (Å²) in [6.45, 7) is 1.73. The van der Waals surface area contributed by atoms with Crippen LogP contribution < -0.4 is 11.2 Å². The highest BCUT2D eigenvalue weighted by atomic mass is 19.1. The molecule has 0 unspecified atom stereocenters. The molecule has 2 rings (SSSR count). The van der Waals surface area contributed by atoms with Gasteiger partial charge in [0.2, 0.25) is 5.43 Å². The maximum Gasteiger partial charge on any atom is 0.204 e. The van der Waals surface area contributed by atoms with Crippen LogP contribution in [0.4, 0.5) is 10.1 Å². The molecular weight excluding hydrogens is 207 g/mol. The molecule has 0 radical (unpaired) electrons. The quantitative estimate of drug-likeness (QED) is 0.794. The molecule has 0 saturated carbocycles. The van der Waals surface area contributed by atoms with Crippen molar-refractivity contribution in [3.8, 4) is 5.69 Å². The van der Waals surface area contributed by atoms with Gasteiger partial charge in [-0.05, 0) is 19.1 Å². The van der Waals surface area contributed by atoms with Gasteiger partial charge < -0.3 is 10.3 Å². The fraction of sp³-hybridized carbons (Fsp3) is 0.0833. The SMILES string of the molecule is Cc1cc(=O)c(N)cn1-c1ccccc1F. The Kier molecular flexibility index (Phi) is 2.48. The number of anilines is 1. The van der Waals surface area contributed by atoms with Gasteiger partial charge in [-0.15, -0.1) is 0 Å². The molecule has 0 aliphatic rings. The van der Waals surface area contributed by atoms with Crippen molar-refractivity contribution in [3.63, 3.8) is 0 Å². The van der Waals surface area contributed by atoms with Crippen molar-refractivity contribution < 1.29 is 4.39 Å². The van der Waals surface area contributed by atoms with E-state index in [1.54, 1.807) is 29.7 Å². The van der Waals surface area contributed by atoms with Crippen LogP contribution in [0.5, 0.6) is 0 Å². The van der Waals surface area contributed by atoms with E-state index in [2.05, 4.69) is 0 Å². The van der Waals surface area contributed by atoms with Crippen molar-refractivity contribution in [1.82, 2.24) is 4.57 Å². The molecule has 1 aromatic heterocycles. The Labute approximate surface area is 92.0 Å². The third kappa shape index (κ3) is 1.69. The van der Waals surface area contributed by atoms with Gasteiger partial charge in [-0.1, -0.05) is 12.1 Å². The molecule has 16 heavy (non-hydrogen) atoms. The largest absolute Gasteiger partial charge is 0.394 e. The first kappa shape index (κ1) is 10.4. The number of nitrogen functional groups attached to an aromatic ring is 1. The van der Waals surface area contributed by atoms with Gasteiger partial charge in [0.1, 0.15) is 5.82 Å². The topological polar surface area (TPSA) is 48.0 Å². The van der Waals surface area contributed by atoms with E-state index in [0.717, 1.165) is 0 Å². The van der Waals surface area contributed by atoms with Crippen molar-refractivity contribution >= 4 is 5.69 Å². The highest BCUT2D eigenvalue weighted by Gasteiger charge is 2.06. The molecule has 82 valence electrons. The molecule has 0 aliphatic carbocycles. The van der Waals surface area contributed by atoms with Crippen LogP contribution in [0.25, 0.3) is 5.69 Å². The van der Waals surface area contributed by atoms with Crippen LogP contribution in [0.3, 0.4) is 0 Å². The lowest BCUT2D eigenvalue weighted by Crippen LogP contribution is -2.13. The van der Waals surface area contributed by atoms with Gasteiger partial charge >= 0.3 is 0 Å². The normalized spacial score (nSPS) is 10.4. The fourth-order valence-corrected chi connectivity index (χ4v) is 1.55. The summed E-state index contributed by atoms with van der Waals surface area (Å²) in [5.41, 5.74) is 6.41. The molecule has 0 fully saturated rings. The molecule has 4 heteroatoms. The lowest BCUT2D eigenvalue weighted by Gasteiger charge is -2.11. The maximum absolute atomic E-state index is 13.5. The minimum atomic E-state index is -0.353. The molecule has 2 aromatic rings. The van der Waals surface area contributed by atoms with Gasteiger partial charge in [0.05, 0.1) is 11.4 Å². The summed E-state index contributed by atoms with van der Waals surface area (Å²) in [4.78, 5) is 11.3. The second-order valence-corrected chi connectivity index (χ2v) is 3.56. The number of para-hydroxylation sites is 1. The zero-order chi connectivity index (χ0) is 11.7. The Hall–Kier alpha value is -2.10. The van der Waals surface area contributed by atoms with E-state index in [4.69, 9.17) is 5.73 Å². The highest BCUT2D eigenvalue weighted by molar-refractivity contribution is 5.43.